The summed E-state index contributed by atoms with van der Waals surface area (Å²) in [7, 11) is 1.88. The molecule has 0 aliphatic heterocycles. The summed E-state index contributed by atoms with van der Waals surface area (Å²) in [6.07, 6.45) is 5.47. The number of halogens is 1. The predicted octanol–water partition coefficient (Wildman–Crippen LogP) is 2.14. The molecule has 0 aliphatic carbocycles. The van der Waals surface area contributed by atoms with Gasteiger partial charge in [-0.15, -0.1) is 0 Å². The Hall–Kier alpha value is -1.35. The maximum absolute atomic E-state index is 5.67. The molecule has 0 amide bonds. The van der Waals surface area contributed by atoms with E-state index in [1.807, 2.05) is 19.3 Å². The van der Waals surface area contributed by atoms with Crippen molar-refractivity contribution in [2.24, 2.45) is 7.05 Å². The highest BCUT2D eigenvalue weighted by Crippen LogP contribution is 2.18. The van der Waals surface area contributed by atoms with Crippen LogP contribution in [0, 0.1) is 0 Å². The summed E-state index contributed by atoms with van der Waals surface area (Å²) in [5, 5.41) is 4.58. The van der Waals surface area contributed by atoms with Crippen molar-refractivity contribution in [3.8, 4) is 11.1 Å². The highest BCUT2D eigenvalue weighted by molar-refractivity contribution is 6.29. The number of pyridine rings is 1. The van der Waals surface area contributed by atoms with Crippen LogP contribution in [0.3, 0.4) is 0 Å². The first-order valence-corrected chi connectivity index (χ1v) is 4.24. The second-order valence-electron chi connectivity index (χ2n) is 2.77. The average molecular weight is 194 g/mol. The average Bonchev–Trinajstić information content (AvgIpc) is 2.53. The van der Waals surface area contributed by atoms with Gasteiger partial charge in [0.1, 0.15) is 5.15 Å². The molecule has 0 bridgehead atoms. The first-order chi connectivity index (χ1) is 6.25. The van der Waals surface area contributed by atoms with E-state index in [0.29, 0.717) is 5.15 Å². The van der Waals surface area contributed by atoms with Gasteiger partial charge in [-0.2, -0.15) is 5.10 Å². The van der Waals surface area contributed by atoms with Crippen LogP contribution in [-0.4, -0.2) is 14.8 Å². The number of aromatic nitrogens is 3. The molecule has 3 nitrogen and oxygen atoms in total. The van der Waals surface area contributed by atoms with Gasteiger partial charge in [0.2, 0.25) is 0 Å². The van der Waals surface area contributed by atoms with E-state index in [1.54, 1.807) is 23.1 Å². The summed E-state index contributed by atoms with van der Waals surface area (Å²) >= 11 is 5.67. The fourth-order valence-electron chi connectivity index (χ4n) is 1.12. The van der Waals surface area contributed by atoms with Gasteiger partial charge in [-0.1, -0.05) is 11.6 Å². The van der Waals surface area contributed by atoms with Crippen LogP contribution in [0.5, 0.6) is 0 Å². The van der Waals surface area contributed by atoms with Crippen molar-refractivity contribution >= 4 is 11.6 Å². The molecule has 0 spiro atoms. The van der Waals surface area contributed by atoms with Crippen molar-refractivity contribution in [2.75, 3.05) is 0 Å². The van der Waals surface area contributed by atoms with E-state index in [2.05, 4.69) is 10.1 Å². The summed E-state index contributed by atoms with van der Waals surface area (Å²) in [5.74, 6) is 0. The molecule has 0 saturated carbocycles. The van der Waals surface area contributed by atoms with Crippen molar-refractivity contribution in [3.05, 3.63) is 35.9 Å². The predicted molar refractivity (Wildman–Crippen MR) is 51.4 cm³/mol. The molecular weight excluding hydrogens is 186 g/mol. The van der Waals surface area contributed by atoms with Gasteiger partial charge in [-0.05, 0) is 12.1 Å². The SMILES string of the molecule is Cn1cc(-c2ccc(Cl)nc2)cn1. The zero-order valence-electron chi connectivity index (χ0n) is 7.11. The highest BCUT2D eigenvalue weighted by Gasteiger charge is 1.99. The van der Waals surface area contributed by atoms with Crippen LogP contribution in [0.1, 0.15) is 0 Å². The van der Waals surface area contributed by atoms with Gasteiger partial charge in [0.05, 0.1) is 6.20 Å². The summed E-state index contributed by atoms with van der Waals surface area (Å²) in [4.78, 5) is 3.99. The molecule has 2 heterocycles. The van der Waals surface area contributed by atoms with Crippen LogP contribution < -0.4 is 0 Å². The third-order valence-electron chi connectivity index (χ3n) is 1.77. The molecule has 2 aromatic rings. The molecule has 0 radical (unpaired) electrons. The molecule has 0 fully saturated rings. The number of aryl methyl sites for hydroxylation is 1. The van der Waals surface area contributed by atoms with E-state index in [9.17, 15) is 0 Å². The fourth-order valence-corrected chi connectivity index (χ4v) is 1.23. The van der Waals surface area contributed by atoms with Crippen LogP contribution in [0.25, 0.3) is 11.1 Å². The zero-order chi connectivity index (χ0) is 9.26. The van der Waals surface area contributed by atoms with Gasteiger partial charge in [0.15, 0.2) is 0 Å². The molecule has 0 aliphatic rings. The topological polar surface area (TPSA) is 30.7 Å². The normalized spacial score (nSPS) is 10.3. The Morgan fingerprint density at radius 1 is 1.23 bits per heavy atom. The number of hydrogen-bond acceptors (Lipinski definition) is 2. The van der Waals surface area contributed by atoms with Gasteiger partial charge in [-0.25, -0.2) is 4.98 Å². The maximum atomic E-state index is 5.67. The number of hydrogen-bond donors (Lipinski definition) is 0. The molecule has 13 heavy (non-hydrogen) atoms. The van der Waals surface area contributed by atoms with Crippen LogP contribution in [0.4, 0.5) is 0 Å². The van der Waals surface area contributed by atoms with E-state index in [4.69, 9.17) is 11.6 Å². The molecular formula is C9H8ClN3. The molecule has 2 aromatic heterocycles. The quantitative estimate of drug-likeness (QED) is 0.650. The van der Waals surface area contributed by atoms with E-state index in [0.717, 1.165) is 11.1 Å². The van der Waals surface area contributed by atoms with Crippen molar-refractivity contribution in [3.63, 3.8) is 0 Å². The monoisotopic (exact) mass is 193 g/mol. The molecule has 66 valence electrons. The summed E-state index contributed by atoms with van der Waals surface area (Å²) < 4.78 is 1.75. The van der Waals surface area contributed by atoms with E-state index >= 15 is 0 Å². The Morgan fingerprint density at radius 3 is 2.62 bits per heavy atom. The van der Waals surface area contributed by atoms with Gasteiger partial charge in [-0.3, -0.25) is 4.68 Å². The Morgan fingerprint density at radius 2 is 2.08 bits per heavy atom. The Labute approximate surface area is 81.0 Å². The van der Waals surface area contributed by atoms with Crippen molar-refractivity contribution in [1.29, 1.82) is 0 Å². The Bertz CT molecular complexity index is 405. The minimum absolute atomic E-state index is 0.507. The summed E-state index contributed by atoms with van der Waals surface area (Å²) in [6.45, 7) is 0. The molecule has 0 saturated heterocycles. The molecule has 2 rings (SSSR count). The first-order valence-electron chi connectivity index (χ1n) is 3.86. The highest BCUT2D eigenvalue weighted by atomic mass is 35.5. The van der Waals surface area contributed by atoms with Crippen LogP contribution in [0.2, 0.25) is 5.15 Å². The summed E-state index contributed by atoms with van der Waals surface area (Å²) in [6, 6.07) is 3.69. The van der Waals surface area contributed by atoms with Gasteiger partial charge < -0.3 is 0 Å². The van der Waals surface area contributed by atoms with E-state index < -0.39 is 0 Å². The lowest BCUT2D eigenvalue weighted by atomic mass is 10.2. The third kappa shape index (κ3) is 1.70. The molecule has 0 atom stereocenters. The van der Waals surface area contributed by atoms with Gasteiger partial charge in [0.25, 0.3) is 0 Å². The lowest BCUT2D eigenvalue weighted by Gasteiger charge is -1.94. The first kappa shape index (κ1) is 8.26. The maximum Gasteiger partial charge on any atom is 0.129 e. The smallest absolute Gasteiger partial charge is 0.129 e. The zero-order valence-corrected chi connectivity index (χ0v) is 7.86. The van der Waals surface area contributed by atoms with Gasteiger partial charge in [0, 0.05) is 30.6 Å². The van der Waals surface area contributed by atoms with E-state index in [1.165, 1.54) is 0 Å². The Balaban J connectivity index is 2.41. The largest absolute Gasteiger partial charge is 0.275 e. The standard InChI is InChI=1S/C9H8ClN3/c1-13-6-8(5-12-13)7-2-3-9(10)11-4-7/h2-6H,1H3. The van der Waals surface area contributed by atoms with Crippen LogP contribution in [0.15, 0.2) is 30.7 Å². The lowest BCUT2D eigenvalue weighted by molar-refractivity contribution is 0.768. The van der Waals surface area contributed by atoms with Crippen molar-refractivity contribution < 1.29 is 0 Å². The fraction of sp³-hybridized carbons (Fsp3) is 0.111. The van der Waals surface area contributed by atoms with Crippen LogP contribution >= 0.6 is 11.6 Å². The van der Waals surface area contributed by atoms with E-state index in [-0.39, 0.29) is 0 Å². The van der Waals surface area contributed by atoms with Crippen molar-refractivity contribution in [2.45, 2.75) is 0 Å². The minimum Gasteiger partial charge on any atom is -0.275 e. The lowest BCUT2D eigenvalue weighted by Crippen LogP contribution is -1.84. The number of rotatable bonds is 1. The minimum atomic E-state index is 0.507. The molecule has 0 N–H and O–H groups in total. The molecule has 0 unspecified atom stereocenters. The Kier molecular flexibility index (Phi) is 2.02. The number of nitrogens with zero attached hydrogens (tertiary/aromatic N) is 3. The second-order valence-corrected chi connectivity index (χ2v) is 3.16. The molecule has 4 heteroatoms. The summed E-state index contributed by atoms with van der Waals surface area (Å²) in [5.41, 5.74) is 2.07. The van der Waals surface area contributed by atoms with Gasteiger partial charge >= 0.3 is 0 Å². The second kappa shape index (κ2) is 3.18. The van der Waals surface area contributed by atoms with Crippen molar-refractivity contribution in [1.82, 2.24) is 14.8 Å². The third-order valence-corrected chi connectivity index (χ3v) is 1.99. The van der Waals surface area contributed by atoms with Crippen LogP contribution in [-0.2, 0) is 7.05 Å². The molecule has 0 aromatic carbocycles.